The molecular weight excluding hydrogens is 312 g/mol. The molecule has 1 saturated heterocycles. The molecule has 4 heterocycles. The Labute approximate surface area is 137 Å². The quantitative estimate of drug-likeness (QED) is 0.723. The van der Waals surface area contributed by atoms with E-state index in [9.17, 15) is 4.79 Å². The standard InChI is InChI=1S/C16H16N4O2S/c1-11-12(4-10-22-11)15(21)19-6-8-20(9-7-19)16-18-13-3-2-5-17-14(13)23-16/h2-5,10H,6-9H2,1H3. The van der Waals surface area contributed by atoms with Crippen LogP contribution >= 0.6 is 11.3 Å². The molecular formula is C16H16N4O2S. The van der Waals surface area contributed by atoms with E-state index in [0.717, 1.165) is 28.6 Å². The monoisotopic (exact) mass is 328 g/mol. The first-order valence-corrected chi connectivity index (χ1v) is 8.34. The van der Waals surface area contributed by atoms with E-state index in [2.05, 4.69) is 14.9 Å². The molecule has 4 rings (SSSR count). The molecule has 3 aromatic heterocycles. The molecule has 6 nitrogen and oxygen atoms in total. The summed E-state index contributed by atoms with van der Waals surface area (Å²) in [7, 11) is 0. The third kappa shape index (κ3) is 2.57. The zero-order valence-electron chi connectivity index (χ0n) is 12.7. The van der Waals surface area contributed by atoms with Gasteiger partial charge in [-0.2, -0.15) is 0 Å². The minimum Gasteiger partial charge on any atom is -0.469 e. The normalized spacial score (nSPS) is 15.3. The number of aryl methyl sites for hydroxylation is 1. The van der Waals surface area contributed by atoms with Crippen molar-refractivity contribution in [3.63, 3.8) is 0 Å². The number of aromatic nitrogens is 2. The number of piperazine rings is 1. The number of nitrogens with zero attached hydrogens (tertiary/aromatic N) is 4. The summed E-state index contributed by atoms with van der Waals surface area (Å²) in [5.41, 5.74) is 1.59. The van der Waals surface area contributed by atoms with E-state index in [1.807, 2.05) is 24.0 Å². The lowest BCUT2D eigenvalue weighted by Crippen LogP contribution is -2.48. The molecule has 0 aliphatic carbocycles. The molecule has 1 aliphatic rings. The highest BCUT2D eigenvalue weighted by atomic mass is 32.1. The third-order valence-corrected chi connectivity index (χ3v) is 5.12. The second-order valence-corrected chi connectivity index (χ2v) is 6.45. The maximum atomic E-state index is 12.5. The van der Waals surface area contributed by atoms with Crippen molar-refractivity contribution >= 4 is 32.7 Å². The van der Waals surface area contributed by atoms with Gasteiger partial charge in [-0.15, -0.1) is 0 Å². The van der Waals surface area contributed by atoms with Crippen LogP contribution in [0.4, 0.5) is 5.13 Å². The Morgan fingerprint density at radius 1 is 1.26 bits per heavy atom. The minimum atomic E-state index is 0.0434. The number of hydrogen-bond donors (Lipinski definition) is 0. The molecule has 0 unspecified atom stereocenters. The maximum absolute atomic E-state index is 12.5. The van der Waals surface area contributed by atoms with Crippen LogP contribution in [0.2, 0.25) is 0 Å². The van der Waals surface area contributed by atoms with Gasteiger partial charge in [0.2, 0.25) is 0 Å². The molecule has 1 fully saturated rings. The molecule has 3 aromatic rings. The summed E-state index contributed by atoms with van der Waals surface area (Å²) in [5, 5.41) is 0.977. The van der Waals surface area contributed by atoms with Crippen molar-refractivity contribution < 1.29 is 9.21 Å². The number of pyridine rings is 1. The Hall–Kier alpha value is -2.41. The average Bonchev–Trinajstić information content (AvgIpc) is 3.20. The van der Waals surface area contributed by atoms with E-state index < -0.39 is 0 Å². The molecule has 0 atom stereocenters. The number of fused-ring (bicyclic) bond motifs is 1. The van der Waals surface area contributed by atoms with Gasteiger partial charge in [0, 0.05) is 32.4 Å². The van der Waals surface area contributed by atoms with Gasteiger partial charge < -0.3 is 14.2 Å². The first kappa shape index (κ1) is 14.2. The molecule has 0 aromatic carbocycles. The molecule has 1 amide bonds. The first-order valence-electron chi connectivity index (χ1n) is 7.52. The lowest BCUT2D eigenvalue weighted by molar-refractivity contribution is 0.0745. The van der Waals surface area contributed by atoms with E-state index in [0.29, 0.717) is 24.4 Å². The number of carbonyl (C=O) groups is 1. The average molecular weight is 328 g/mol. The van der Waals surface area contributed by atoms with Gasteiger partial charge in [-0.25, -0.2) is 9.97 Å². The van der Waals surface area contributed by atoms with Crippen LogP contribution in [-0.2, 0) is 0 Å². The second-order valence-electron chi connectivity index (χ2n) is 5.49. The summed E-state index contributed by atoms with van der Waals surface area (Å²) >= 11 is 1.60. The Kier molecular flexibility index (Phi) is 3.49. The lowest BCUT2D eigenvalue weighted by atomic mass is 10.2. The predicted molar refractivity (Wildman–Crippen MR) is 89.0 cm³/mol. The van der Waals surface area contributed by atoms with Gasteiger partial charge in [-0.3, -0.25) is 4.79 Å². The van der Waals surface area contributed by atoms with Crippen molar-refractivity contribution in [2.45, 2.75) is 6.92 Å². The van der Waals surface area contributed by atoms with Gasteiger partial charge in [0.25, 0.3) is 5.91 Å². The van der Waals surface area contributed by atoms with Crippen molar-refractivity contribution in [2.24, 2.45) is 0 Å². The number of hydrogen-bond acceptors (Lipinski definition) is 6. The molecule has 0 N–H and O–H groups in total. The Morgan fingerprint density at radius 2 is 2.09 bits per heavy atom. The van der Waals surface area contributed by atoms with Crippen molar-refractivity contribution in [3.05, 3.63) is 42.0 Å². The van der Waals surface area contributed by atoms with Gasteiger partial charge in [-0.1, -0.05) is 11.3 Å². The van der Waals surface area contributed by atoms with Crippen molar-refractivity contribution in [1.82, 2.24) is 14.9 Å². The molecule has 0 radical (unpaired) electrons. The molecule has 0 saturated carbocycles. The van der Waals surface area contributed by atoms with Crippen LogP contribution in [-0.4, -0.2) is 47.0 Å². The SMILES string of the molecule is Cc1occc1C(=O)N1CCN(c2nc3cccnc3s2)CC1. The number of carbonyl (C=O) groups excluding carboxylic acids is 1. The molecule has 7 heteroatoms. The van der Waals surface area contributed by atoms with Crippen LogP contribution < -0.4 is 4.90 Å². The second kappa shape index (κ2) is 5.66. The Balaban J connectivity index is 1.46. The highest BCUT2D eigenvalue weighted by molar-refractivity contribution is 7.21. The van der Waals surface area contributed by atoms with Crippen LogP contribution in [0.3, 0.4) is 0 Å². The number of furan rings is 1. The zero-order chi connectivity index (χ0) is 15.8. The van der Waals surface area contributed by atoms with Crippen LogP contribution in [0.5, 0.6) is 0 Å². The Bertz CT molecular complexity index is 816. The van der Waals surface area contributed by atoms with Gasteiger partial charge in [0.1, 0.15) is 16.1 Å². The highest BCUT2D eigenvalue weighted by Crippen LogP contribution is 2.27. The number of amides is 1. The molecule has 1 aliphatic heterocycles. The smallest absolute Gasteiger partial charge is 0.257 e. The third-order valence-electron chi connectivity index (χ3n) is 4.08. The van der Waals surface area contributed by atoms with Crippen LogP contribution in [0, 0.1) is 6.92 Å². The minimum absolute atomic E-state index is 0.0434. The van der Waals surface area contributed by atoms with Crippen LogP contribution in [0.25, 0.3) is 10.3 Å². The van der Waals surface area contributed by atoms with Crippen LogP contribution in [0.15, 0.2) is 35.1 Å². The van der Waals surface area contributed by atoms with Gasteiger partial charge in [-0.05, 0) is 25.1 Å². The van der Waals surface area contributed by atoms with E-state index in [1.165, 1.54) is 0 Å². The van der Waals surface area contributed by atoms with Crippen molar-refractivity contribution in [2.75, 3.05) is 31.1 Å². The zero-order valence-corrected chi connectivity index (χ0v) is 13.5. The summed E-state index contributed by atoms with van der Waals surface area (Å²) in [6.45, 7) is 4.75. The van der Waals surface area contributed by atoms with Gasteiger partial charge in [0.05, 0.1) is 11.8 Å². The number of thiazole rings is 1. The molecule has 23 heavy (non-hydrogen) atoms. The fraction of sp³-hybridized carbons (Fsp3) is 0.312. The van der Waals surface area contributed by atoms with E-state index in [4.69, 9.17) is 4.42 Å². The largest absolute Gasteiger partial charge is 0.469 e. The highest BCUT2D eigenvalue weighted by Gasteiger charge is 2.25. The number of anilines is 1. The predicted octanol–water partition coefficient (Wildman–Crippen LogP) is 2.56. The first-order chi connectivity index (χ1) is 11.2. The van der Waals surface area contributed by atoms with Gasteiger partial charge in [0.15, 0.2) is 5.13 Å². The van der Waals surface area contributed by atoms with Crippen molar-refractivity contribution in [3.8, 4) is 0 Å². The topological polar surface area (TPSA) is 62.5 Å². The van der Waals surface area contributed by atoms with Crippen LogP contribution in [0.1, 0.15) is 16.1 Å². The number of rotatable bonds is 2. The summed E-state index contributed by atoms with van der Waals surface area (Å²) in [4.78, 5) is 26.5. The summed E-state index contributed by atoms with van der Waals surface area (Å²) in [6, 6.07) is 5.61. The molecule has 118 valence electrons. The van der Waals surface area contributed by atoms with E-state index in [1.54, 1.807) is 29.9 Å². The maximum Gasteiger partial charge on any atom is 0.257 e. The summed E-state index contributed by atoms with van der Waals surface area (Å²) in [5.74, 6) is 0.719. The Morgan fingerprint density at radius 3 is 2.78 bits per heavy atom. The fourth-order valence-electron chi connectivity index (χ4n) is 2.77. The van der Waals surface area contributed by atoms with E-state index >= 15 is 0 Å². The van der Waals surface area contributed by atoms with Crippen molar-refractivity contribution in [1.29, 1.82) is 0 Å². The lowest BCUT2D eigenvalue weighted by Gasteiger charge is -2.34. The summed E-state index contributed by atoms with van der Waals surface area (Å²) < 4.78 is 5.23. The molecule has 0 spiro atoms. The molecule has 0 bridgehead atoms. The summed E-state index contributed by atoms with van der Waals surface area (Å²) in [6.07, 6.45) is 3.35. The van der Waals surface area contributed by atoms with Gasteiger partial charge >= 0.3 is 0 Å². The fourth-order valence-corrected chi connectivity index (χ4v) is 3.73. The van der Waals surface area contributed by atoms with E-state index in [-0.39, 0.29) is 5.91 Å².